The van der Waals surface area contributed by atoms with Crippen molar-refractivity contribution in [3.8, 4) is 0 Å². The van der Waals surface area contributed by atoms with Crippen LogP contribution >= 0.6 is 12.6 Å². The minimum atomic E-state index is -0.799. The van der Waals surface area contributed by atoms with Crippen LogP contribution in [0.25, 0.3) is 0 Å². The maximum absolute atomic E-state index is 9.17. The second kappa shape index (κ2) is 3.09. The third-order valence-electron chi connectivity index (χ3n) is 2.01. The Hall–Kier alpha value is 0.230. The Balaban J connectivity index is 2.53. The van der Waals surface area contributed by atoms with Gasteiger partial charge in [-0.2, -0.15) is 12.6 Å². The molecule has 0 aliphatic heterocycles. The zero-order valence-electron chi connectivity index (χ0n) is 5.51. The first-order valence-corrected chi connectivity index (χ1v) is 3.83. The van der Waals surface area contributed by atoms with E-state index in [9.17, 15) is 0 Å². The van der Waals surface area contributed by atoms with Crippen molar-refractivity contribution in [1.29, 1.82) is 0 Å². The Bertz CT molecular complexity index is 120. The summed E-state index contributed by atoms with van der Waals surface area (Å²) in [5.41, 5.74) is 0. The van der Waals surface area contributed by atoms with Crippen molar-refractivity contribution in [3.63, 3.8) is 0 Å². The smallest absolute Gasteiger partial charge is 0.0918 e. The summed E-state index contributed by atoms with van der Waals surface area (Å²) in [6, 6.07) is 0. The molecule has 0 spiro atoms. The molecule has 4 heteroatoms. The van der Waals surface area contributed by atoms with E-state index in [0.717, 1.165) is 0 Å². The van der Waals surface area contributed by atoms with Crippen LogP contribution < -0.4 is 0 Å². The molecular weight excluding hydrogens is 152 g/mol. The lowest BCUT2D eigenvalue weighted by Crippen LogP contribution is -2.29. The lowest BCUT2D eigenvalue weighted by atomic mass is 10.1. The fraction of sp³-hybridized carbons (Fsp3) is 1.00. The lowest BCUT2D eigenvalue weighted by molar-refractivity contribution is 0.00820. The van der Waals surface area contributed by atoms with Crippen LogP contribution in [0.4, 0.5) is 0 Å². The van der Waals surface area contributed by atoms with E-state index in [1.807, 2.05) is 0 Å². The van der Waals surface area contributed by atoms with Crippen LogP contribution in [0.5, 0.6) is 0 Å². The molecule has 0 bridgehead atoms. The molecule has 1 fully saturated rings. The molecule has 0 heterocycles. The van der Waals surface area contributed by atoms with Crippen molar-refractivity contribution in [1.82, 2.24) is 0 Å². The summed E-state index contributed by atoms with van der Waals surface area (Å²) in [6.45, 7) is -0.0741. The molecular formula is C6H12O3S. The molecule has 0 aromatic rings. The second-order valence-electron chi connectivity index (χ2n) is 2.73. The standard InChI is InChI=1S/C6H12O3S/c7-2-3-1-4(10)6(9)5(3)8/h3-10H,1-2H2/t3-,4-,5+,6-/m0/s1. The summed E-state index contributed by atoms with van der Waals surface area (Å²) >= 11 is 4.04. The van der Waals surface area contributed by atoms with Crippen molar-refractivity contribution >= 4 is 12.6 Å². The highest BCUT2D eigenvalue weighted by molar-refractivity contribution is 7.81. The number of aliphatic hydroxyl groups excluding tert-OH is 3. The molecule has 1 rings (SSSR count). The SMILES string of the molecule is OC[C@@H]1C[C@H](S)[C@H](O)[C@@H]1O. The number of hydrogen-bond donors (Lipinski definition) is 4. The average molecular weight is 164 g/mol. The van der Waals surface area contributed by atoms with Crippen LogP contribution in [0.1, 0.15) is 6.42 Å². The van der Waals surface area contributed by atoms with E-state index in [0.29, 0.717) is 6.42 Å². The van der Waals surface area contributed by atoms with E-state index < -0.39 is 12.2 Å². The van der Waals surface area contributed by atoms with Gasteiger partial charge in [-0.3, -0.25) is 0 Å². The van der Waals surface area contributed by atoms with Gasteiger partial charge >= 0.3 is 0 Å². The number of rotatable bonds is 1. The van der Waals surface area contributed by atoms with E-state index in [1.165, 1.54) is 0 Å². The second-order valence-corrected chi connectivity index (χ2v) is 3.39. The van der Waals surface area contributed by atoms with E-state index in [-0.39, 0.29) is 17.8 Å². The van der Waals surface area contributed by atoms with Crippen LogP contribution in [-0.4, -0.2) is 39.4 Å². The first kappa shape index (κ1) is 8.33. The number of thiol groups is 1. The molecule has 1 aliphatic rings. The highest BCUT2D eigenvalue weighted by atomic mass is 32.1. The molecule has 4 atom stereocenters. The molecule has 0 unspecified atom stereocenters. The van der Waals surface area contributed by atoms with Crippen molar-refractivity contribution in [2.24, 2.45) is 5.92 Å². The first-order chi connectivity index (χ1) is 4.66. The van der Waals surface area contributed by atoms with Crippen LogP contribution in [0.3, 0.4) is 0 Å². The molecule has 3 nitrogen and oxygen atoms in total. The summed E-state index contributed by atoms with van der Waals surface area (Å²) in [6.07, 6.45) is -0.991. The third-order valence-corrected chi connectivity index (χ3v) is 2.52. The Morgan fingerprint density at radius 1 is 1.30 bits per heavy atom. The molecule has 3 N–H and O–H groups in total. The van der Waals surface area contributed by atoms with Crippen LogP contribution in [0.15, 0.2) is 0 Å². The normalized spacial score (nSPS) is 48.0. The van der Waals surface area contributed by atoms with Crippen molar-refractivity contribution in [2.45, 2.75) is 23.9 Å². The Morgan fingerprint density at radius 3 is 2.10 bits per heavy atom. The summed E-state index contributed by atoms with van der Waals surface area (Å²) < 4.78 is 0. The van der Waals surface area contributed by atoms with Gasteiger partial charge in [-0.05, 0) is 6.42 Å². The monoisotopic (exact) mass is 164 g/mol. The molecule has 0 aromatic carbocycles. The predicted octanol–water partition coefficient (Wildman–Crippen LogP) is -0.981. The summed E-state index contributed by atoms with van der Waals surface area (Å²) in [7, 11) is 0. The van der Waals surface area contributed by atoms with Gasteiger partial charge in [0.05, 0.1) is 12.2 Å². The van der Waals surface area contributed by atoms with Crippen LogP contribution in [0.2, 0.25) is 0 Å². The maximum atomic E-state index is 9.17. The molecule has 0 saturated heterocycles. The zero-order valence-corrected chi connectivity index (χ0v) is 6.41. The number of hydrogen-bond acceptors (Lipinski definition) is 4. The van der Waals surface area contributed by atoms with Gasteiger partial charge < -0.3 is 15.3 Å². The fourth-order valence-corrected chi connectivity index (χ4v) is 1.73. The average Bonchev–Trinajstić information content (AvgIpc) is 2.17. The highest BCUT2D eigenvalue weighted by Gasteiger charge is 2.38. The topological polar surface area (TPSA) is 60.7 Å². The highest BCUT2D eigenvalue weighted by Crippen LogP contribution is 2.29. The van der Waals surface area contributed by atoms with Gasteiger partial charge in [-0.25, -0.2) is 0 Å². The first-order valence-electron chi connectivity index (χ1n) is 3.32. The quantitative estimate of drug-likeness (QED) is 0.377. The van der Waals surface area contributed by atoms with E-state index in [4.69, 9.17) is 15.3 Å². The Morgan fingerprint density at radius 2 is 1.90 bits per heavy atom. The largest absolute Gasteiger partial charge is 0.396 e. The van der Waals surface area contributed by atoms with Gasteiger partial charge in [0, 0.05) is 17.8 Å². The molecule has 60 valence electrons. The maximum Gasteiger partial charge on any atom is 0.0918 e. The molecule has 0 aromatic heterocycles. The van der Waals surface area contributed by atoms with E-state index in [2.05, 4.69) is 12.6 Å². The Kier molecular flexibility index (Phi) is 2.57. The van der Waals surface area contributed by atoms with Crippen molar-refractivity contribution < 1.29 is 15.3 Å². The predicted molar refractivity (Wildman–Crippen MR) is 40.0 cm³/mol. The molecule has 0 radical (unpaired) electrons. The number of aliphatic hydroxyl groups is 3. The van der Waals surface area contributed by atoms with Gasteiger partial charge in [0.2, 0.25) is 0 Å². The van der Waals surface area contributed by atoms with Crippen LogP contribution in [0, 0.1) is 5.92 Å². The Labute approximate surface area is 65.1 Å². The lowest BCUT2D eigenvalue weighted by Gasteiger charge is -2.13. The minimum Gasteiger partial charge on any atom is -0.396 e. The van der Waals surface area contributed by atoms with Gasteiger partial charge in [0.1, 0.15) is 0 Å². The summed E-state index contributed by atoms with van der Waals surface area (Å²) in [4.78, 5) is 0. The fourth-order valence-electron chi connectivity index (χ4n) is 1.28. The van der Waals surface area contributed by atoms with Gasteiger partial charge in [-0.15, -0.1) is 0 Å². The van der Waals surface area contributed by atoms with Crippen molar-refractivity contribution in [2.75, 3.05) is 6.61 Å². The molecule has 10 heavy (non-hydrogen) atoms. The zero-order chi connectivity index (χ0) is 7.72. The van der Waals surface area contributed by atoms with Gasteiger partial charge in [0.25, 0.3) is 0 Å². The molecule has 1 saturated carbocycles. The van der Waals surface area contributed by atoms with E-state index in [1.54, 1.807) is 0 Å². The summed E-state index contributed by atoms with van der Waals surface area (Å²) in [5, 5.41) is 26.8. The van der Waals surface area contributed by atoms with Gasteiger partial charge in [-0.1, -0.05) is 0 Å². The minimum absolute atomic E-state index is 0.0741. The van der Waals surface area contributed by atoms with Gasteiger partial charge in [0.15, 0.2) is 0 Å². The molecule has 0 amide bonds. The third kappa shape index (κ3) is 1.29. The van der Waals surface area contributed by atoms with E-state index >= 15 is 0 Å². The summed E-state index contributed by atoms with van der Waals surface area (Å²) in [5.74, 6) is -0.197. The van der Waals surface area contributed by atoms with Crippen LogP contribution in [-0.2, 0) is 0 Å². The van der Waals surface area contributed by atoms with Crippen molar-refractivity contribution in [3.05, 3.63) is 0 Å². The molecule has 1 aliphatic carbocycles.